The summed E-state index contributed by atoms with van der Waals surface area (Å²) in [4.78, 5) is 32.1. The Balaban J connectivity index is 1.74. The molecule has 1 aliphatic carbocycles. The van der Waals surface area contributed by atoms with E-state index in [0.29, 0.717) is 32.3 Å². The Morgan fingerprint density at radius 1 is 1.20 bits per heavy atom. The molecule has 5 nitrogen and oxygen atoms in total. The first-order chi connectivity index (χ1) is 12.0. The molecule has 0 saturated heterocycles. The highest BCUT2D eigenvalue weighted by Gasteiger charge is 2.30. The van der Waals surface area contributed by atoms with E-state index in [4.69, 9.17) is 23.2 Å². The van der Waals surface area contributed by atoms with Gasteiger partial charge in [-0.2, -0.15) is 0 Å². The van der Waals surface area contributed by atoms with Gasteiger partial charge in [0.15, 0.2) is 5.78 Å². The largest absolute Gasteiger partial charge is 0.359 e. The number of pyridine rings is 1. The molecule has 2 N–H and O–H groups in total. The van der Waals surface area contributed by atoms with Crippen LogP contribution in [0.3, 0.4) is 0 Å². The molecule has 0 bridgehead atoms. The molecule has 1 amide bonds. The minimum Gasteiger partial charge on any atom is -0.359 e. The molecule has 0 atom stereocenters. The third-order valence-corrected chi connectivity index (χ3v) is 4.83. The molecule has 7 heteroatoms. The highest BCUT2D eigenvalue weighted by Crippen LogP contribution is 2.32. The van der Waals surface area contributed by atoms with Crippen molar-refractivity contribution in [1.29, 1.82) is 0 Å². The molecule has 1 saturated carbocycles. The van der Waals surface area contributed by atoms with Gasteiger partial charge in [0.25, 0.3) is 0 Å². The number of halogens is 2. The number of ketones is 1. The quantitative estimate of drug-likeness (QED) is 0.663. The number of amides is 1. The summed E-state index contributed by atoms with van der Waals surface area (Å²) in [5, 5.41) is 4.03. The number of anilines is 1. The van der Waals surface area contributed by atoms with Gasteiger partial charge in [0.05, 0.1) is 27.3 Å². The summed E-state index contributed by atoms with van der Waals surface area (Å²) in [5.74, 6) is 0.173. The average molecular weight is 374 g/mol. The maximum absolute atomic E-state index is 12.9. The number of H-pyrrole nitrogens is 1. The zero-order valence-corrected chi connectivity index (χ0v) is 14.5. The Bertz CT molecular complexity index is 988. The van der Waals surface area contributed by atoms with Crippen molar-refractivity contribution in [3.05, 3.63) is 57.8 Å². The van der Waals surface area contributed by atoms with Crippen LogP contribution in [0.1, 0.15) is 28.8 Å². The molecule has 126 valence electrons. The second-order valence-corrected chi connectivity index (χ2v) is 6.82. The standard InChI is InChI=1S/C18H13Cl2N3O2/c19-12-2-1-3-13(20)16(12)17(24)11-7-21-14-8-22-15(6-10(11)14)23-18(25)9-4-5-9/h1-3,6-9,21H,4-5H2,(H,22,23,25). The summed E-state index contributed by atoms with van der Waals surface area (Å²) in [6.45, 7) is 0. The number of hydrogen-bond acceptors (Lipinski definition) is 3. The second-order valence-electron chi connectivity index (χ2n) is 6.01. The monoisotopic (exact) mass is 373 g/mol. The van der Waals surface area contributed by atoms with Gasteiger partial charge in [0.1, 0.15) is 5.82 Å². The van der Waals surface area contributed by atoms with Crippen molar-refractivity contribution in [1.82, 2.24) is 9.97 Å². The van der Waals surface area contributed by atoms with Crippen LogP contribution in [-0.2, 0) is 4.79 Å². The van der Waals surface area contributed by atoms with Crippen LogP contribution >= 0.6 is 23.2 Å². The Morgan fingerprint density at radius 2 is 1.92 bits per heavy atom. The molecule has 25 heavy (non-hydrogen) atoms. The molecule has 1 aliphatic rings. The Labute approximate surface area is 153 Å². The molecule has 1 fully saturated rings. The third kappa shape index (κ3) is 3.01. The first kappa shape index (κ1) is 16.1. The van der Waals surface area contributed by atoms with Crippen molar-refractivity contribution in [2.75, 3.05) is 5.32 Å². The molecule has 2 heterocycles. The van der Waals surface area contributed by atoms with Gasteiger partial charge in [0, 0.05) is 23.1 Å². The zero-order chi connectivity index (χ0) is 17.6. The van der Waals surface area contributed by atoms with Crippen LogP contribution in [0, 0.1) is 5.92 Å². The van der Waals surface area contributed by atoms with E-state index in [1.807, 2.05) is 0 Å². The molecular weight excluding hydrogens is 361 g/mol. The highest BCUT2D eigenvalue weighted by molar-refractivity contribution is 6.41. The van der Waals surface area contributed by atoms with Crippen LogP contribution in [0.5, 0.6) is 0 Å². The number of nitrogens with zero attached hydrogens (tertiary/aromatic N) is 1. The first-order valence-corrected chi connectivity index (χ1v) is 8.57. The van der Waals surface area contributed by atoms with E-state index in [2.05, 4.69) is 15.3 Å². The van der Waals surface area contributed by atoms with Gasteiger partial charge in [0.2, 0.25) is 5.91 Å². The fraction of sp³-hybridized carbons (Fsp3) is 0.167. The summed E-state index contributed by atoms with van der Waals surface area (Å²) in [6, 6.07) is 6.62. The van der Waals surface area contributed by atoms with Gasteiger partial charge in [-0.15, -0.1) is 0 Å². The Kier molecular flexibility index (Phi) is 3.98. The van der Waals surface area contributed by atoms with Gasteiger partial charge >= 0.3 is 0 Å². The SMILES string of the molecule is O=C(c1c(Cl)cccc1Cl)c1c[nH]c2cnc(NC(=O)C3CC3)cc12. The second kappa shape index (κ2) is 6.17. The molecule has 0 unspecified atom stereocenters. The van der Waals surface area contributed by atoms with E-state index < -0.39 is 0 Å². The average Bonchev–Trinajstić information content (AvgIpc) is 3.35. The fourth-order valence-electron chi connectivity index (χ4n) is 2.70. The number of carbonyl (C=O) groups is 2. The lowest BCUT2D eigenvalue weighted by Crippen LogP contribution is -2.14. The molecule has 0 aliphatic heterocycles. The van der Waals surface area contributed by atoms with E-state index in [1.54, 1.807) is 36.7 Å². The molecule has 0 spiro atoms. The smallest absolute Gasteiger partial charge is 0.228 e. The van der Waals surface area contributed by atoms with Crippen molar-refractivity contribution < 1.29 is 9.59 Å². The van der Waals surface area contributed by atoms with Gasteiger partial charge in [-0.05, 0) is 31.0 Å². The maximum atomic E-state index is 12.9. The van der Waals surface area contributed by atoms with Crippen molar-refractivity contribution in [3.63, 3.8) is 0 Å². The summed E-state index contributed by atoms with van der Waals surface area (Å²) >= 11 is 12.3. The van der Waals surface area contributed by atoms with Crippen molar-refractivity contribution in [2.45, 2.75) is 12.8 Å². The van der Waals surface area contributed by atoms with Crippen molar-refractivity contribution in [2.24, 2.45) is 5.92 Å². The van der Waals surface area contributed by atoms with Gasteiger partial charge < -0.3 is 10.3 Å². The number of aromatic amines is 1. The van der Waals surface area contributed by atoms with Crippen LogP contribution in [0.2, 0.25) is 10.0 Å². The van der Waals surface area contributed by atoms with Crippen LogP contribution < -0.4 is 5.32 Å². The van der Waals surface area contributed by atoms with Crippen molar-refractivity contribution >= 4 is 51.6 Å². The fourth-order valence-corrected chi connectivity index (χ4v) is 3.27. The van der Waals surface area contributed by atoms with E-state index in [1.165, 1.54) is 0 Å². The normalized spacial score (nSPS) is 13.8. The molecule has 0 radical (unpaired) electrons. The molecule has 4 rings (SSSR count). The topological polar surface area (TPSA) is 74.8 Å². The molecule has 2 aromatic heterocycles. The van der Waals surface area contributed by atoms with Crippen LogP contribution in [0.15, 0.2) is 36.7 Å². The number of aromatic nitrogens is 2. The van der Waals surface area contributed by atoms with E-state index in [9.17, 15) is 9.59 Å². The van der Waals surface area contributed by atoms with Gasteiger partial charge in [-0.3, -0.25) is 9.59 Å². The number of hydrogen-bond donors (Lipinski definition) is 2. The summed E-state index contributed by atoms with van der Waals surface area (Å²) in [7, 11) is 0. The lowest BCUT2D eigenvalue weighted by molar-refractivity contribution is -0.117. The van der Waals surface area contributed by atoms with Gasteiger partial charge in [-0.25, -0.2) is 4.98 Å². The minimum absolute atomic E-state index is 0.0376. The number of benzene rings is 1. The van der Waals surface area contributed by atoms with Crippen molar-refractivity contribution in [3.8, 4) is 0 Å². The van der Waals surface area contributed by atoms with Crippen LogP contribution in [0.25, 0.3) is 10.9 Å². The lowest BCUT2D eigenvalue weighted by atomic mass is 10.0. The van der Waals surface area contributed by atoms with Crippen LogP contribution in [-0.4, -0.2) is 21.7 Å². The summed E-state index contributed by atoms with van der Waals surface area (Å²) in [5.41, 5.74) is 1.37. The number of nitrogens with one attached hydrogen (secondary N) is 2. The van der Waals surface area contributed by atoms with E-state index in [0.717, 1.165) is 12.8 Å². The van der Waals surface area contributed by atoms with E-state index >= 15 is 0 Å². The molecule has 3 aromatic rings. The van der Waals surface area contributed by atoms with E-state index in [-0.39, 0.29) is 23.2 Å². The maximum Gasteiger partial charge on any atom is 0.228 e. The Hall–Kier alpha value is -2.37. The summed E-state index contributed by atoms with van der Waals surface area (Å²) in [6.07, 6.45) is 5.00. The predicted molar refractivity (Wildman–Crippen MR) is 97.3 cm³/mol. The lowest BCUT2D eigenvalue weighted by Gasteiger charge is -2.06. The molecule has 1 aromatic carbocycles. The highest BCUT2D eigenvalue weighted by atomic mass is 35.5. The number of rotatable bonds is 4. The zero-order valence-electron chi connectivity index (χ0n) is 13.0. The minimum atomic E-state index is -0.285. The molecular formula is C18H13Cl2N3O2. The Morgan fingerprint density at radius 3 is 2.60 bits per heavy atom. The number of fused-ring (bicyclic) bond motifs is 1. The van der Waals surface area contributed by atoms with Crippen LogP contribution in [0.4, 0.5) is 5.82 Å². The third-order valence-electron chi connectivity index (χ3n) is 4.20. The number of carbonyl (C=O) groups excluding carboxylic acids is 2. The first-order valence-electron chi connectivity index (χ1n) is 7.81. The predicted octanol–water partition coefficient (Wildman–Crippen LogP) is 4.45. The summed E-state index contributed by atoms with van der Waals surface area (Å²) < 4.78 is 0. The van der Waals surface area contributed by atoms with Gasteiger partial charge in [-0.1, -0.05) is 29.3 Å².